The van der Waals surface area contributed by atoms with Gasteiger partial charge in [-0.3, -0.25) is 9.59 Å². The lowest BCUT2D eigenvalue weighted by Gasteiger charge is -2.31. The zero-order valence-electron chi connectivity index (χ0n) is 18.3. The molecule has 1 N–H and O–H groups in total. The van der Waals surface area contributed by atoms with Gasteiger partial charge in [0.05, 0.1) is 0 Å². The first kappa shape index (κ1) is 23.0. The number of amides is 2. The maximum atomic E-state index is 13.3. The van der Waals surface area contributed by atoms with Gasteiger partial charge in [0.2, 0.25) is 5.91 Å². The molecule has 0 heterocycles. The van der Waals surface area contributed by atoms with E-state index in [1.165, 1.54) is 24.3 Å². The smallest absolute Gasteiger partial charge is 0.261 e. The first-order valence-corrected chi connectivity index (χ1v) is 10.4. The van der Waals surface area contributed by atoms with Crippen molar-refractivity contribution in [2.24, 2.45) is 0 Å². The van der Waals surface area contributed by atoms with Crippen LogP contribution in [-0.2, 0) is 22.6 Å². The fourth-order valence-electron chi connectivity index (χ4n) is 3.49. The Kier molecular flexibility index (Phi) is 7.97. The van der Waals surface area contributed by atoms with Crippen LogP contribution < -0.4 is 10.1 Å². The lowest BCUT2D eigenvalue weighted by molar-refractivity contribution is -0.142. The first-order chi connectivity index (χ1) is 15.5. The van der Waals surface area contributed by atoms with Gasteiger partial charge >= 0.3 is 0 Å². The van der Waals surface area contributed by atoms with Crippen molar-refractivity contribution < 1.29 is 18.7 Å². The molecule has 0 bridgehead atoms. The molecule has 0 radical (unpaired) electrons. The van der Waals surface area contributed by atoms with Gasteiger partial charge in [0.1, 0.15) is 17.6 Å². The van der Waals surface area contributed by atoms with Gasteiger partial charge in [0.15, 0.2) is 6.61 Å². The minimum absolute atomic E-state index is 0.253. The largest absolute Gasteiger partial charge is 0.484 e. The van der Waals surface area contributed by atoms with E-state index in [-0.39, 0.29) is 30.8 Å². The predicted molar refractivity (Wildman–Crippen MR) is 122 cm³/mol. The fourth-order valence-corrected chi connectivity index (χ4v) is 3.49. The van der Waals surface area contributed by atoms with Crippen molar-refractivity contribution in [2.45, 2.75) is 25.9 Å². The number of hydrogen-bond donors (Lipinski definition) is 1. The lowest BCUT2D eigenvalue weighted by atomic mass is 10.0. The van der Waals surface area contributed by atoms with Crippen LogP contribution in [0.1, 0.15) is 16.7 Å². The van der Waals surface area contributed by atoms with Crippen LogP contribution in [0.4, 0.5) is 4.39 Å². The zero-order valence-corrected chi connectivity index (χ0v) is 18.3. The maximum absolute atomic E-state index is 13.3. The Labute approximate surface area is 187 Å². The Morgan fingerprint density at radius 2 is 1.66 bits per heavy atom. The van der Waals surface area contributed by atoms with Crippen molar-refractivity contribution in [3.8, 4) is 5.75 Å². The van der Waals surface area contributed by atoms with Crippen molar-refractivity contribution in [2.75, 3.05) is 13.7 Å². The first-order valence-electron chi connectivity index (χ1n) is 10.4. The van der Waals surface area contributed by atoms with E-state index in [4.69, 9.17) is 4.74 Å². The predicted octanol–water partition coefficient (Wildman–Crippen LogP) is 3.90. The van der Waals surface area contributed by atoms with Gasteiger partial charge in [0.25, 0.3) is 5.91 Å². The summed E-state index contributed by atoms with van der Waals surface area (Å²) in [4.78, 5) is 27.7. The summed E-state index contributed by atoms with van der Waals surface area (Å²) in [5, 5.41) is 2.68. The van der Waals surface area contributed by atoms with E-state index in [1.54, 1.807) is 11.9 Å². The van der Waals surface area contributed by atoms with Crippen LogP contribution in [-0.4, -0.2) is 36.4 Å². The van der Waals surface area contributed by atoms with E-state index in [9.17, 15) is 14.0 Å². The minimum atomic E-state index is -0.716. The van der Waals surface area contributed by atoms with Gasteiger partial charge < -0.3 is 15.0 Å². The number of halogens is 1. The van der Waals surface area contributed by atoms with Gasteiger partial charge in [0, 0.05) is 20.0 Å². The second kappa shape index (κ2) is 11.1. The number of carbonyl (C=O) groups excluding carboxylic acids is 2. The van der Waals surface area contributed by atoms with Crippen LogP contribution in [0.5, 0.6) is 5.75 Å². The molecular formula is C26H27FN2O3. The summed E-state index contributed by atoms with van der Waals surface area (Å²) in [6, 6.07) is 22.2. The average molecular weight is 435 g/mol. The molecule has 166 valence electrons. The second-order valence-corrected chi connectivity index (χ2v) is 7.57. The third-order valence-corrected chi connectivity index (χ3v) is 5.13. The molecule has 0 saturated heterocycles. The quantitative estimate of drug-likeness (QED) is 0.556. The van der Waals surface area contributed by atoms with Crippen LogP contribution in [0.3, 0.4) is 0 Å². The molecule has 0 aliphatic carbocycles. The number of rotatable bonds is 9. The Balaban J connectivity index is 1.86. The molecule has 6 heteroatoms. The van der Waals surface area contributed by atoms with E-state index < -0.39 is 6.04 Å². The molecule has 32 heavy (non-hydrogen) atoms. The van der Waals surface area contributed by atoms with Gasteiger partial charge in [-0.2, -0.15) is 0 Å². The van der Waals surface area contributed by atoms with E-state index in [0.29, 0.717) is 12.2 Å². The summed E-state index contributed by atoms with van der Waals surface area (Å²) in [5.41, 5.74) is 2.93. The SMILES string of the molecule is CNC(=O)[C@H](Cc1ccccc1)N(Cc1cccc(C)c1)C(=O)COc1ccc(F)cc1. The maximum Gasteiger partial charge on any atom is 0.261 e. The third kappa shape index (κ3) is 6.41. The monoisotopic (exact) mass is 434 g/mol. The highest BCUT2D eigenvalue weighted by atomic mass is 19.1. The van der Waals surface area contributed by atoms with Crippen LogP contribution in [0.25, 0.3) is 0 Å². The highest BCUT2D eigenvalue weighted by Crippen LogP contribution is 2.17. The summed E-state index contributed by atoms with van der Waals surface area (Å²) >= 11 is 0. The van der Waals surface area contributed by atoms with Gasteiger partial charge in [-0.15, -0.1) is 0 Å². The Morgan fingerprint density at radius 3 is 2.31 bits per heavy atom. The molecule has 0 spiro atoms. The molecular weight excluding hydrogens is 407 g/mol. The number of aryl methyl sites for hydroxylation is 1. The van der Waals surface area contributed by atoms with E-state index in [2.05, 4.69) is 5.32 Å². The second-order valence-electron chi connectivity index (χ2n) is 7.57. The summed E-state index contributed by atoms with van der Waals surface area (Å²) in [5.74, 6) is -0.584. The number of nitrogens with zero attached hydrogens (tertiary/aromatic N) is 1. The number of likely N-dealkylation sites (N-methyl/N-ethyl adjacent to an activating group) is 1. The normalized spacial score (nSPS) is 11.5. The Hall–Kier alpha value is -3.67. The minimum Gasteiger partial charge on any atom is -0.484 e. The molecule has 1 atom stereocenters. The van der Waals surface area contributed by atoms with Crippen LogP contribution in [0.15, 0.2) is 78.9 Å². The molecule has 0 aliphatic heterocycles. The van der Waals surface area contributed by atoms with E-state index >= 15 is 0 Å². The van der Waals surface area contributed by atoms with Crippen molar-refractivity contribution in [3.63, 3.8) is 0 Å². The Morgan fingerprint density at radius 1 is 0.969 bits per heavy atom. The lowest BCUT2D eigenvalue weighted by Crippen LogP contribution is -2.51. The molecule has 0 aliphatic rings. The number of carbonyl (C=O) groups is 2. The summed E-state index contributed by atoms with van der Waals surface area (Å²) in [7, 11) is 1.56. The topological polar surface area (TPSA) is 58.6 Å². The molecule has 2 amide bonds. The highest BCUT2D eigenvalue weighted by molar-refractivity contribution is 5.88. The summed E-state index contributed by atoms with van der Waals surface area (Å²) in [6.45, 7) is 1.98. The van der Waals surface area contributed by atoms with Crippen molar-refractivity contribution in [3.05, 3.63) is 101 Å². The number of hydrogen-bond acceptors (Lipinski definition) is 3. The molecule has 0 fully saturated rings. The fraction of sp³-hybridized carbons (Fsp3) is 0.231. The van der Waals surface area contributed by atoms with Gasteiger partial charge in [-0.05, 0) is 42.3 Å². The van der Waals surface area contributed by atoms with Crippen LogP contribution in [0, 0.1) is 12.7 Å². The third-order valence-electron chi connectivity index (χ3n) is 5.13. The standard InChI is InChI=1S/C26H27FN2O3/c1-19-7-6-10-21(15-19)17-29(25(30)18-32-23-13-11-22(27)12-14-23)24(26(31)28-2)16-20-8-4-3-5-9-20/h3-15,24H,16-18H2,1-2H3,(H,28,31)/t24-/m0/s1. The molecule has 3 rings (SSSR count). The molecule has 3 aromatic rings. The molecule has 0 aromatic heterocycles. The van der Waals surface area contributed by atoms with Gasteiger partial charge in [-0.1, -0.05) is 60.2 Å². The highest BCUT2D eigenvalue weighted by Gasteiger charge is 2.30. The number of nitrogens with one attached hydrogen (secondary N) is 1. The van der Waals surface area contributed by atoms with Crippen molar-refractivity contribution in [1.82, 2.24) is 10.2 Å². The molecule has 5 nitrogen and oxygen atoms in total. The summed E-state index contributed by atoms with van der Waals surface area (Å²) in [6.07, 6.45) is 0.370. The van der Waals surface area contributed by atoms with E-state index in [1.807, 2.05) is 61.5 Å². The average Bonchev–Trinajstić information content (AvgIpc) is 2.81. The molecule has 0 unspecified atom stereocenters. The molecule has 3 aromatic carbocycles. The number of ether oxygens (including phenoxy) is 1. The number of benzene rings is 3. The van der Waals surface area contributed by atoms with Gasteiger partial charge in [-0.25, -0.2) is 4.39 Å². The van der Waals surface area contributed by atoms with Crippen LogP contribution >= 0.6 is 0 Å². The van der Waals surface area contributed by atoms with Crippen molar-refractivity contribution in [1.29, 1.82) is 0 Å². The molecule has 0 saturated carbocycles. The van der Waals surface area contributed by atoms with Crippen molar-refractivity contribution >= 4 is 11.8 Å². The summed E-state index contributed by atoms with van der Waals surface area (Å²) < 4.78 is 18.7. The Bertz CT molecular complexity index is 1040. The van der Waals surface area contributed by atoms with Crippen LogP contribution in [0.2, 0.25) is 0 Å². The zero-order chi connectivity index (χ0) is 22.9. The van der Waals surface area contributed by atoms with E-state index in [0.717, 1.165) is 16.7 Å².